The predicted octanol–water partition coefficient (Wildman–Crippen LogP) is 2.24. The van der Waals surface area contributed by atoms with Crippen molar-refractivity contribution in [2.24, 2.45) is 0 Å². The molecule has 0 radical (unpaired) electrons. The van der Waals surface area contributed by atoms with Crippen LogP contribution in [-0.4, -0.2) is 16.8 Å². The van der Waals surface area contributed by atoms with Crippen LogP contribution in [0.25, 0.3) is 0 Å². The summed E-state index contributed by atoms with van der Waals surface area (Å²) in [4.78, 5) is 27.1. The Labute approximate surface area is 128 Å². The molecule has 0 saturated heterocycles. The van der Waals surface area contributed by atoms with Crippen molar-refractivity contribution in [2.45, 2.75) is 6.54 Å². The molecule has 1 heterocycles. The zero-order chi connectivity index (χ0) is 15.2. The van der Waals surface area contributed by atoms with E-state index in [4.69, 9.17) is 0 Å². The molecule has 2 N–H and O–H groups in total. The number of nitrogens with zero attached hydrogens (tertiary/aromatic N) is 1. The SMILES string of the molecule is O=C(NCc1ccncc1)C(=O)Nc1ccc(Br)cc1F. The van der Waals surface area contributed by atoms with E-state index in [0.29, 0.717) is 4.47 Å². The van der Waals surface area contributed by atoms with Crippen molar-refractivity contribution in [1.82, 2.24) is 10.3 Å². The van der Waals surface area contributed by atoms with E-state index >= 15 is 0 Å². The molecule has 7 heteroatoms. The Bertz CT molecular complexity index is 665. The summed E-state index contributed by atoms with van der Waals surface area (Å²) in [7, 11) is 0. The third-order valence-corrected chi connectivity index (χ3v) is 3.08. The summed E-state index contributed by atoms with van der Waals surface area (Å²) in [6.07, 6.45) is 3.16. The van der Waals surface area contributed by atoms with E-state index < -0.39 is 17.6 Å². The fourth-order valence-electron chi connectivity index (χ4n) is 1.53. The van der Waals surface area contributed by atoms with Gasteiger partial charge in [-0.25, -0.2) is 4.39 Å². The van der Waals surface area contributed by atoms with Gasteiger partial charge in [0.15, 0.2) is 0 Å². The maximum absolute atomic E-state index is 13.5. The van der Waals surface area contributed by atoms with Crippen molar-refractivity contribution in [3.05, 3.63) is 58.6 Å². The van der Waals surface area contributed by atoms with Crippen molar-refractivity contribution in [2.75, 3.05) is 5.32 Å². The summed E-state index contributed by atoms with van der Waals surface area (Å²) in [6, 6.07) is 7.56. The van der Waals surface area contributed by atoms with Crippen LogP contribution in [0.2, 0.25) is 0 Å². The molecular formula is C14H11BrFN3O2. The molecule has 21 heavy (non-hydrogen) atoms. The molecule has 0 fully saturated rings. The Kier molecular flexibility index (Phi) is 4.99. The molecule has 108 valence electrons. The number of anilines is 1. The van der Waals surface area contributed by atoms with E-state index in [2.05, 4.69) is 31.5 Å². The van der Waals surface area contributed by atoms with Gasteiger partial charge in [0.1, 0.15) is 5.82 Å². The van der Waals surface area contributed by atoms with Gasteiger partial charge in [-0.15, -0.1) is 0 Å². The molecule has 1 aromatic heterocycles. The summed E-state index contributed by atoms with van der Waals surface area (Å²) in [5.41, 5.74) is 0.753. The second-order valence-corrected chi connectivity index (χ2v) is 5.03. The highest BCUT2D eigenvalue weighted by molar-refractivity contribution is 9.10. The van der Waals surface area contributed by atoms with Crippen LogP contribution in [0.3, 0.4) is 0 Å². The number of hydrogen-bond donors (Lipinski definition) is 2. The number of carbonyl (C=O) groups is 2. The quantitative estimate of drug-likeness (QED) is 0.833. The summed E-state index contributed by atoms with van der Waals surface area (Å²) in [5.74, 6) is -2.39. The molecule has 0 aliphatic carbocycles. The maximum atomic E-state index is 13.5. The number of hydrogen-bond acceptors (Lipinski definition) is 3. The lowest BCUT2D eigenvalue weighted by Gasteiger charge is -2.07. The van der Waals surface area contributed by atoms with Crippen LogP contribution in [-0.2, 0) is 16.1 Å². The van der Waals surface area contributed by atoms with Gasteiger partial charge in [0.2, 0.25) is 0 Å². The van der Waals surface area contributed by atoms with Crippen LogP contribution in [0, 0.1) is 5.82 Å². The van der Waals surface area contributed by atoms with Crippen molar-refractivity contribution >= 4 is 33.4 Å². The highest BCUT2D eigenvalue weighted by Gasteiger charge is 2.15. The van der Waals surface area contributed by atoms with Crippen LogP contribution < -0.4 is 10.6 Å². The molecule has 5 nitrogen and oxygen atoms in total. The molecule has 0 unspecified atom stereocenters. The van der Waals surface area contributed by atoms with E-state index in [-0.39, 0.29) is 12.2 Å². The lowest BCUT2D eigenvalue weighted by Crippen LogP contribution is -2.35. The lowest BCUT2D eigenvalue weighted by molar-refractivity contribution is -0.136. The predicted molar refractivity (Wildman–Crippen MR) is 78.8 cm³/mol. The van der Waals surface area contributed by atoms with Crippen LogP contribution in [0.5, 0.6) is 0 Å². The molecule has 0 bridgehead atoms. The van der Waals surface area contributed by atoms with Crippen molar-refractivity contribution in [3.8, 4) is 0 Å². The number of amides is 2. The Balaban J connectivity index is 1.92. The van der Waals surface area contributed by atoms with Gasteiger partial charge >= 0.3 is 11.8 Å². The van der Waals surface area contributed by atoms with E-state index in [1.807, 2.05) is 0 Å². The zero-order valence-electron chi connectivity index (χ0n) is 10.8. The first-order valence-electron chi connectivity index (χ1n) is 5.99. The number of carbonyl (C=O) groups excluding carboxylic acids is 2. The smallest absolute Gasteiger partial charge is 0.313 e. The topological polar surface area (TPSA) is 71.1 Å². The molecule has 1 aromatic carbocycles. The fourth-order valence-corrected chi connectivity index (χ4v) is 1.87. The van der Waals surface area contributed by atoms with Crippen LogP contribution in [0.15, 0.2) is 47.2 Å². The third-order valence-electron chi connectivity index (χ3n) is 2.59. The highest BCUT2D eigenvalue weighted by Crippen LogP contribution is 2.19. The average Bonchev–Trinajstić information content (AvgIpc) is 2.48. The molecule has 0 aliphatic rings. The minimum atomic E-state index is -0.926. The third kappa shape index (κ3) is 4.35. The lowest BCUT2D eigenvalue weighted by atomic mass is 10.2. The minimum absolute atomic E-state index is 0.0535. The Morgan fingerprint density at radius 3 is 2.52 bits per heavy atom. The van der Waals surface area contributed by atoms with Crippen molar-refractivity contribution < 1.29 is 14.0 Å². The summed E-state index contributed by atoms with van der Waals surface area (Å²) in [6.45, 7) is 0.192. The summed E-state index contributed by atoms with van der Waals surface area (Å²) < 4.78 is 14.1. The van der Waals surface area contributed by atoms with Gasteiger partial charge in [0.25, 0.3) is 0 Å². The minimum Gasteiger partial charge on any atom is -0.344 e. The van der Waals surface area contributed by atoms with Crippen LogP contribution >= 0.6 is 15.9 Å². The monoisotopic (exact) mass is 351 g/mol. The number of aromatic nitrogens is 1. The largest absolute Gasteiger partial charge is 0.344 e. The number of benzene rings is 1. The van der Waals surface area contributed by atoms with E-state index in [1.54, 1.807) is 30.6 Å². The highest BCUT2D eigenvalue weighted by atomic mass is 79.9. The molecule has 0 atom stereocenters. The standard InChI is InChI=1S/C14H11BrFN3O2/c15-10-1-2-12(11(16)7-10)19-14(21)13(20)18-8-9-3-5-17-6-4-9/h1-7H,8H2,(H,18,20)(H,19,21). The van der Waals surface area contributed by atoms with Crippen molar-refractivity contribution in [3.63, 3.8) is 0 Å². The normalized spacial score (nSPS) is 10.0. The maximum Gasteiger partial charge on any atom is 0.313 e. The second-order valence-electron chi connectivity index (χ2n) is 4.12. The van der Waals surface area contributed by atoms with E-state index in [1.165, 1.54) is 12.1 Å². The number of halogens is 2. The van der Waals surface area contributed by atoms with Gasteiger partial charge in [-0.3, -0.25) is 14.6 Å². The molecule has 0 saturated carbocycles. The fraction of sp³-hybridized carbons (Fsp3) is 0.0714. The van der Waals surface area contributed by atoms with Gasteiger partial charge in [0.05, 0.1) is 5.69 Å². The number of rotatable bonds is 3. The zero-order valence-corrected chi connectivity index (χ0v) is 12.4. The summed E-state index contributed by atoms with van der Waals surface area (Å²) >= 11 is 3.11. The molecule has 0 spiro atoms. The Morgan fingerprint density at radius 1 is 1.14 bits per heavy atom. The first kappa shape index (κ1) is 15.1. The second kappa shape index (κ2) is 6.94. The first-order chi connectivity index (χ1) is 10.1. The van der Waals surface area contributed by atoms with Crippen molar-refractivity contribution in [1.29, 1.82) is 0 Å². The van der Waals surface area contributed by atoms with E-state index in [0.717, 1.165) is 5.56 Å². The number of pyridine rings is 1. The molecule has 0 aliphatic heterocycles. The molecule has 2 amide bonds. The van der Waals surface area contributed by atoms with Gasteiger partial charge in [-0.05, 0) is 35.9 Å². The molecular weight excluding hydrogens is 341 g/mol. The van der Waals surface area contributed by atoms with Gasteiger partial charge in [-0.2, -0.15) is 0 Å². The van der Waals surface area contributed by atoms with Crippen LogP contribution in [0.4, 0.5) is 10.1 Å². The van der Waals surface area contributed by atoms with Gasteiger partial charge in [-0.1, -0.05) is 15.9 Å². The van der Waals surface area contributed by atoms with E-state index in [9.17, 15) is 14.0 Å². The van der Waals surface area contributed by atoms with Gasteiger partial charge in [0, 0.05) is 23.4 Å². The first-order valence-corrected chi connectivity index (χ1v) is 6.78. The average molecular weight is 352 g/mol. The molecule has 2 aromatic rings. The Hall–Kier alpha value is -2.28. The Morgan fingerprint density at radius 2 is 1.86 bits per heavy atom. The number of nitrogens with one attached hydrogen (secondary N) is 2. The van der Waals surface area contributed by atoms with Crippen LogP contribution in [0.1, 0.15) is 5.56 Å². The molecule has 2 rings (SSSR count). The van der Waals surface area contributed by atoms with Gasteiger partial charge < -0.3 is 10.6 Å². The summed E-state index contributed by atoms with van der Waals surface area (Å²) in [5, 5.41) is 4.65.